The Kier molecular flexibility index (Phi) is 2.29. The Bertz CT molecular complexity index is 482. The van der Waals surface area contributed by atoms with E-state index in [0.29, 0.717) is 11.6 Å². The van der Waals surface area contributed by atoms with Crippen molar-refractivity contribution < 1.29 is 8.42 Å². The normalized spacial score (nSPS) is 15.6. The summed E-state index contributed by atoms with van der Waals surface area (Å²) in [5.74, 6) is 0. The summed E-state index contributed by atoms with van der Waals surface area (Å²) in [5.41, 5.74) is 2.00. The van der Waals surface area contributed by atoms with Gasteiger partial charge in [-0.3, -0.25) is 0 Å². The van der Waals surface area contributed by atoms with E-state index >= 15 is 0 Å². The van der Waals surface area contributed by atoms with Crippen LogP contribution in [0.25, 0.3) is 0 Å². The third-order valence-electron chi connectivity index (χ3n) is 2.32. The quantitative estimate of drug-likeness (QED) is 0.794. The molecule has 1 N–H and O–H groups in total. The van der Waals surface area contributed by atoms with Crippen molar-refractivity contribution in [3.8, 4) is 0 Å². The number of hydrogen-bond acceptors (Lipinski definition) is 3. The van der Waals surface area contributed by atoms with Crippen molar-refractivity contribution in [3.63, 3.8) is 0 Å². The molecule has 0 atom stereocenters. The van der Waals surface area contributed by atoms with E-state index in [2.05, 4.69) is 5.32 Å². The number of benzene rings is 1. The number of halogens is 1. The van der Waals surface area contributed by atoms with Gasteiger partial charge in [-0.1, -0.05) is 17.7 Å². The molecule has 0 unspecified atom stereocenters. The average molecular weight is 232 g/mol. The van der Waals surface area contributed by atoms with Crippen LogP contribution < -0.4 is 5.32 Å². The lowest BCUT2D eigenvalue weighted by molar-refractivity contribution is 0.602. The van der Waals surface area contributed by atoms with Crippen LogP contribution in [-0.4, -0.2) is 14.7 Å². The first kappa shape index (κ1) is 9.96. The lowest BCUT2D eigenvalue weighted by Crippen LogP contribution is -2.01. The molecule has 3 nitrogen and oxygen atoms in total. The molecular weight excluding hydrogens is 222 g/mol. The van der Waals surface area contributed by atoms with E-state index < -0.39 is 9.84 Å². The molecule has 1 aliphatic rings. The van der Waals surface area contributed by atoms with Crippen LogP contribution in [0, 0.1) is 0 Å². The zero-order valence-electron chi connectivity index (χ0n) is 7.67. The van der Waals surface area contributed by atoms with Gasteiger partial charge in [-0.2, -0.15) is 0 Å². The van der Waals surface area contributed by atoms with E-state index in [1.54, 1.807) is 6.07 Å². The highest BCUT2D eigenvalue weighted by molar-refractivity contribution is 7.90. The fourth-order valence-corrected chi connectivity index (χ4v) is 3.04. The Morgan fingerprint density at radius 1 is 1.36 bits per heavy atom. The molecular formula is C9H10ClNO2S. The molecule has 76 valence electrons. The van der Waals surface area contributed by atoms with E-state index in [9.17, 15) is 8.42 Å². The summed E-state index contributed by atoms with van der Waals surface area (Å²) in [6.07, 6.45) is 1.17. The molecule has 1 aliphatic heterocycles. The summed E-state index contributed by atoms with van der Waals surface area (Å²) < 4.78 is 22.7. The summed E-state index contributed by atoms with van der Waals surface area (Å²) >= 11 is 6.02. The topological polar surface area (TPSA) is 46.2 Å². The Labute approximate surface area is 88.0 Å². The highest BCUT2D eigenvalue weighted by Crippen LogP contribution is 2.30. The summed E-state index contributed by atoms with van der Waals surface area (Å²) in [7, 11) is -3.21. The first-order chi connectivity index (χ1) is 6.50. The van der Waals surface area contributed by atoms with Crippen LogP contribution >= 0.6 is 11.6 Å². The van der Waals surface area contributed by atoms with Crippen molar-refractivity contribution in [1.29, 1.82) is 0 Å². The van der Waals surface area contributed by atoms with Crippen LogP contribution in [-0.2, 0) is 22.9 Å². The Morgan fingerprint density at radius 2 is 2.07 bits per heavy atom. The van der Waals surface area contributed by atoms with E-state index in [1.807, 2.05) is 6.07 Å². The second-order valence-electron chi connectivity index (χ2n) is 3.39. The van der Waals surface area contributed by atoms with Crippen LogP contribution in [0.1, 0.15) is 11.1 Å². The molecule has 14 heavy (non-hydrogen) atoms. The standard InChI is InChI=1S/C9H10ClNO2S/c1-14(12,13)8-3-2-6-4-11-5-7(6)9(8)10/h2-3,11H,4-5H2,1H3. The number of rotatable bonds is 1. The van der Waals surface area contributed by atoms with Gasteiger partial charge in [0.1, 0.15) is 0 Å². The van der Waals surface area contributed by atoms with Crippen LogP contribution in [0.2, 0.25) is 5.02 Å². The molecule has 0 radical (unpaired) electrons. The van der Waals surface area contributed by atoms with Gasteiger partial charge in [-0.05, 0) is 17.2 Å². The maximum atomic E-state index is 11.3. The highest BCUT2D eigenvalue weighted by atomic mass is 35.5. The van der Waals surface area contributed by atoms with Crippen molar-refractivity contribution in [2.24, 2.45) is 0 Å². The predicted molar refractivity (Wildman–Crippen MR) is 55.1 cm³/mol. The predicted octanol–water partition coefficient (Wildman–Crippen LogP) is 1.35. The molecule has 2 rings (SSSR count). The second-order valence-corrected chi connectivity index (χ2v) is 5.75. The Hall–Kier alpha value is -0.580. The SMILES string of the molecule is CS(=O)(=O)c1ccc2c(c1Cl)CNC2. The lowest BCUT2D eigenvalue weighted by atomic mass is 10.1. The zero-order chi connectivity index (χ0) is 10.3. The molecule has 0 saturated heterocycles. The van der Waals surface area contributed by atoms with Crippen LogP contribution in [0.3, 0.4) is 0 Å². The fourth-order valence-electron chi connectivity index (χ4n) is 1.61. The largest absolute Gasteiger partial charge is 0.309 e. The van der Waals surface area contributed by atoms with Gasteiger partial charge in [0.25, 0.3) is 0 Å². The van der Waals surface area contributed by atoms with Crippen molar-refractivity contribution in [2.45, 2.75) is 18.0 Å². The molecule has 0 bridgehead atoms. The van der Waals surface area contributed by atoms with Crippen molar-refractivity contribution in [3.05, 3.63) is 28.3 Å². The van der Waals surface area contributed by atoms with Gasteiger partial charge in [-0.15, -0.1) is 0 Å². The first-order valence-corrected chi connectivity index (χ1v) is 6.48. The van der Waals surface area contributed by atoms with Crippen molar-refractivity contribution >= 4 is 21.4 Å². The second kappa shape index (κ2) is 3.22. The van der Waals surface area contributed by atoms with Gasteiger partial charge < -0.3 is 5.32 Å². The van der Waals surface area contributed by atoms with E-state index in [4.69, 9.17) is 11.6 Å². The van der Waals surface area contributed by atoms with Gasteiger partial charge in [0.15, 0.2) is 9.84 Å². The molecule has 0 saturated carbocycles. The highest BCUT2D eigenvalue weighted by Gasteiger charge is 2.20. The van der Waals surface area contributed by atoms with E-state index in [0.717, 1.165) is 17.7 Å². The third-order valence-corrected chi connectivity index (χ3v) is 4.00. The summed E-state index contributed by atoms with van der Waals surface area (Å²) in [6.45, 7) is 1.41. The van der Waals surface area contributed by atoms with Gasteiger partial charge in [0.05, 0.1) is 9.92 Å². The van der Waals surface area contributed by atoms with Crippen LogP contribution in [0.4, 0.5) is 0 Å². The maximum Gasteiger partial charge on any atom is 0.177 e. The molecule has 0 fully saturated rings. The number of hydrogen-bond donors (Lipinski definition) is 1. The number of sulfone groups is 1. The summed E-state index contributed by atoms with van der Waals surface area (Å²) in [4.78, 5) is 0.224. The first-order valence-electron chi connectivity index (χ1n) is 4.21. The fraction of sp³-hybridized carbons (Fsp3) is 0.333. The van der Waals surface area contributed by atoms with Crippen LogP contribution in [0.15, 0.2) is 17.0 Å². The maximum absolute atomic E-state index is 11.3. The monoisotopic (exact) mass is 231 g/mol. The zero-order valence-corrected chi connectivity index (χ0v) is 9.24. The molecule has 0 aromatic heterocycles. The van der Waals surface area contributed by atoms with Gasteiger partial charge in [0.2, 0.25) is 0 Å². The summed E-state index contributed by atoms with van der Waals surface area (Å²) in [5, 5.41) is 3.50. The minimum Gasteiger partial charge on any atom is -0.309 e. The summed E-state index contributed by atoms with van der Waals surface area (Å²) in [6, 6.07) is 3.39. The Balaban J connectivity index is 2.68. The molecule has 0 spiro atoms. The van der Waals surface area contributed by atoms with Gasteiger partial charge >= 0.3 is 0 Å². The molecule has 5 heteroatoms. The average Bonchev–Trinajstić information content (AvgIpc) is 2.50. The number of fused-ring (bicyclic) bond motifs is 1. The van der Waals surface area contributed by atoms with Crippen LogP contribution in [0.5, 0.6) is 0 Å². The minimum atomic E-state index is -3.21. The third kappa shape index (κ3) is 1.54. The van der Waals surface area contributed by atoms with E-state index in [1.165, 1.54) is 6.26 Å². The molecule has 0 aliphatic carbocycles. The lowest BCUT2D eigenvalue weighted by Gasteiger charge is -2.06. The van der Waals surface area contributed by atoms with Crippen molar-refractivity contribution in [1.82, 2.24) is 5.32 Å². The Morgan fingerprint density at radius 3 is 2.71 bits per heavy atom. The molecule has 0 amide bonds. The smallest absolute Gasteiger partial charge is 0.177 e. The van der Waals surface area contributed by atoms with E-state index in [-0.39, 0.29) is 4.90 Å². The van der Waals surface area contributed by atoms with Gasteiger partial charge in [0, 0.05) is 19.3 Å². The van der Waals surface area contributed by atoms with Crippen molar-refractivity contribution in [2.75, 3.05) is 6.26 Å². The number of nitrogens with one attached hydrogen (secondary N) is 1. The molecule has 1 aromatic rings. The molecule has 1 heterocycles. The van der Waals surface area contributed by atoms with Gasteiger partial charge in [-0.25, -0.2) is 8.42 Å². The molecule has 1 aromatic carbocycles. The minimum absolute atomic E-state index is 0.224.